The Morgan fingerprint density at radius 2 is 1.70 bits per heavy atom. The Kier molecular flexibility index (Phi) is 3.53. The second-order valence-corrected chi connectivity index (χ2v) is 5.42. The molecule has 0 fully saturated rings. The number of rotatable bonds is 2. The number of aromatic nitrogens is 2. The van der Waals surface area contributed by atoms with E-state index < -0.39 is 0 Å². The van der Waals surface area contributed by atoms with Gasteiger partial charge in [0.05, 0.1) is 0 Å². The number of aliphatic imine (C=N–C) groups is 1. The molecule has 0 saturated heterocycles. The van der Waals surface area contributed by atoms with E-state index in [1.165, 1.54) is 5.56 Å². The maximum atomic E-state index is 4.35. The molecule has 0 bridgehead atoms. The molecule has 3 heterocycles. The summed E-state index contributed by atoms with van der Waals surface area (Å²) in [6, 6.07) is 10.5. The van der Waals surface area contributed by atoms with Gasteiger partial charge >= 0.3 is 0 Å². The molecule has 0 spiro atoms. The Morgan fingerprint density at radius 1 is 0.826 bits per heavy atom. The summed E-state index contributed by atoms with van der Waals surface area (Å²) in [5, 5.41) is 2.22. The van der Waals surface area contributed by atoms with E-state index in [2.05, 4.69) is 45.3 Å². The Labute approximate surface area is 134 Å². The van der Waals surface area contributed by atoms with Gasteiger partial charge in [-0.15, -0.1) is 0 Å². The minimum absolute atomic E-state index is 0.913. The fraction of sp³-hybridized carbons (Fsp3) is 0.0500. The van der Waals surface area contributed by atoms with Crippen LogP contribution in [0.1, 0.15) is 12.0 Å². The number of fused-ring (bicyclic) bond motifs is 1. The predicted octanol–water partition coefficient (Wildman–Crippen LogP) is 4.67. The summed E-state index contributed by atoms with van der Waals surface area (Å²) in [6.07, 6.45) is 16.3. The average Bonchev–Trinajstić information content (AvgIpc) is 2.91. The lowest BCUT2D eigenvalue weighted by Gasteiger charge is -2.07. The number of nitrogens with zero attached hydrogens (tertiary/aromatic N) is 3. The number of allylic oxidation sites excluding steroid dienone is 3. The van der Waals surface area contributed by atoms with Crippen molar-refractivity contribution in [1.29, 1.82) is 0 Å². The summed E-state index contributed by atoms with van der Waals surface area (Å²) in [6.45, 7) is 0. The quantitative estimate of drug-likeness (QED) is 0.689. The van der Waals surface area contributed by atoms with E-state index in [-0.39, 0.29) is 0 Å². The van der Waals surface area contributed by atoms with Crippen molar-refractivity contribution >= 4 is 22.6 Å². The van der Waals surface area contributed by atoms with Crippen LogP contribution in [0.5, 0.6) is 0 Å². The summed E-state index contributed by atoms with van der Waals surface area (Å²) >= 11 is 0. The lowest BCUT2D eigenvalue weighted by atomic mass is 9.99. The molecule has 3 heteroatoms. The first kappa shape index (κ1) is 13.6. The van der Waals surface area contributed by atoms with Crippen LogP contribution in [0.4, 0.5) is 0 Å². The summed E-state index contributed by atoms with van der Waals surface area (Å²) in [5.74, 6) is 0. The molecule has 0 aliphatic carbocycles. The Hall–Kier alpha value is -3.07. The third kappa shape index (κ3) is 2.69. The predicted molar refractivity (Wildman–Crippen MR) is 95.2 cm³/mol. The number of hydrogen-bond donors (Lipinski definition) is 0. The molecule has 23 heavy (non-hydrogen) atoms. The highest BCUT2D eigenvalue weighted by Crippen LogP contribution is 2.28. The summed E-state index contributed by atoms with van der Waals surface area (Å²) < 4.78 is 0. The molecule has 0 atom stereocenters. The second kappa shape index (κ2) is 5.97. The maximum absolute atomic E-state index is 4.35. The fourth-order valence-electron chi connectivity index (χ4n) is 2.76. The van der Waals surface area contributed by atoms with Crippen molar-refractivity contribution < 1.29 is 0 Å². The maximum Gasteiger partial charge on any atom is 0.0353 e. The average molecular weight is 297 g/mol. The van der Waals surface area contributed by atoms with E-state index >= 15 is 0 Å². The van der Waals surface area contributed by atoms with Gasteiger partial charge in [-0.25, -0.2) is 0 Å². The molecule has 1 aliphatic rings. The van der Waals surface area contributed by atoms with E-state index in [0.717, 1.165) is 33.9 Å². The lowest BCUT2D eigenvalue weighted by molar-refractivity contribution is 1.32. The molecule has 0 amide bonds. The smallest absolute Gasteiger partial charge is 0.0353 e. The molecule has 3 nitrogen and oxygen atoms in total. The Balaban J connectivity index is 1.74. The highest BCUT2D eigenvalue weighted by molar-refractivity contribution is 6.10. The van der Waals surface area contributed by atoms with Gasteiger partial charge in [0, 0.05) is 53.5 Å². The highest BCUT2D eigenvalue weighted by atomic mass is 14.7. The van der Waals surface area contributed by atoms with Crippen LogP contribution in [0.2, 0.25) is 0 Å². The summed E-state index contributed by atoms with van der Waals surface area (Å²) in [5.41, 5.74) is 4.57. The topological polar surface area (TPSA) is 38.1 Å². The number of hydrogen-bond acceptors (Lipinski definition) is 3. The zero-order chi connectivity index (χ0) is 15.5. The van der Waals surface area contributed by atoms with Crippen molar-refractivity contribution in [3.05, 3.63) is 79.0 Å². The fourth-order valence-corrected chi connectivity index (χ4v) is 2.76. The molecule has 2 aromatic heterocycles. The molecule has 0 unspecified atom stereocenters. The van der Waals surface area contributed by atoms with Gasteiger partial charge in [-0.2, -0.15) is 0 Å². The van der Waals surface area contributed by atoms with Crippen LogP contribution in [0.3, 0.4) is 0 Å². The third-order valence-electron chi connectivity index (χ3n) is 3.97. The van der Waals surface area contributed by atoms with E-state index in [4.69, 9.17) is 0 Å². The summed E-state index contributed by atoms with van der Waals surface area (Å²) in [4.78, 5) is 12.8. The highest BCUT2D eigenvalue weighted by Gasteiger charge is 2.06. The van der Waals surface area contributed by atoms with Gasteiger partial charge in [0.2, 0.25) is 0 Å². The van der Waals surface area contributed by atoms with Crippen LogP contribution in [-0.2, 0) is 0 Å². The second-order valence-electron chi connectivity index (χ2n) is 5.42. The molecule has 1 aliphatic heterocycles. The van der Waals surface area contributed by atoms with Gasteiger partial charge < -0.3 is 0 Å². The molecule has 110 valence electrons. The van der Waals surface area contributed by atoms with E-state index in [0.29, 0.717) is 0 Å². The van der Waals surface area contributed by atoms with Gasteiger partial charge in [0.15, 0.2) is 0 Å². The Morgan fingerprint density at radius 3 is 2.61 bits per heavy atom. The van der Waals surface area contributed by atoms with Crippen LogP contribution >= 0.6 is 0 Å². The largest absolute Gasteiger partial charge is 0.264 e. The standard InChI is InChI=1S/C20H15N3/c1-2-9-21-11-17(3-1)15-4-6-16(7-5-15)19-14-23-12-18-8-10-22-13-20(18)19/h2-14H,1H2. The number of benzene rings is 1. The van der Waals surface area contributed by atoms with Gasteiger partial charge in [0.1, 0.15) is 0 Å². The van der Waals surface area contributed by atoms with Crippen LogP contribution in [-0.4, -0.2) is 16.2 Å². The zero-order valence-corrected chi connectivity index (χ0v) is 12.6. The minimum atomic E-state index is 0.913. The van der Waals surface area contributed by atoms with Crippen molar-refractivity contribution in [3.8, 4) is 11.1 Å². The summed E-state index contributed by atoms with van der Waals surface area (Å²) in [7, 11) is 0. The van der Waals surface area contributed by atoms with E-state index in [9.17, 15) is 0 Å². The van der Waals surface area contributed by atoms with Crippen molar-refractivity contribution in [3.63, 3.8) is 0 Å². The van der Waals surface area contributed by atoms with Crippen molar-refractivity contribution in [2.45, 2.75) is 6.42 Å². The van der Waals surface area contributed by atoms with Crippen LogP contribution in [0, 0.1) is 0 Å². The molecule has 0 radical (unpaired) electrons. The molecular weight excluding hydrogens is 282 g/mol. The molecule has 1 aromatic carbocycles. The third-order valence-corrected chi connectivity index (χ3v) is 3.97. The van der Waals surface area contributed by atoms with Gasteiger partial charge in [-0.3, -0.25) is 15.0 Å². The molecule has 3 aromatic rings. The van der Waals surface area contributed by atoms with Crippen LogP contribution < -0.4 is 0 Å². The van der Waals surface area contributed by atoms with Crippen LogP contribution in [0.25, 0.3) is 27.5 Å². The molecular formula is C20H15N3. The lowest BCUT2D eigenvalue weighted by Crippen LogP contribution is -1.88. The van der Waals surface area contributed by atoms with Gasteiger partial charge in [0.25, 0.3) is 0 Å². The first-order valence-electron chi connectivity index (χ1n) is 7.59. The van der Waals surface area contributed by atoms with E-state index in [1.54, 1.807) is 6.20 Å². The van der Waals surface area contributed by atoms with Crippen molar-refractivity contribution in [2.75, 3.05) is 0 Å². The first-order chi connectivity index (χ1) is 11.4. The van der Waals surface area contributed by atoms with Crippen molar-refractivity contribution in [1.82, 2.24) is 9.97 Å². The first-order valence-corrected chi connectivity index (χ1v) is 7.59. The van der Waals surface area contributed by atoms with Gasteiger partial charge in [-0.1, -0.05) is 36.4 Å². The normalized spacial score (nSPS) is 13.8. The zero-order valence-electron chi connectivity index (χ0n) is 12.6. The van der Waals surface area contributed by atoms with E-state index in [1.807, 2.05) is 43.1 Å². The van der Waals surface area contributed by atoms with Gasteiger partial charge in [-0.05, 0) is 29.2 Å². The number of pyridine rings is 2. The molecule has 0 saturated carbocycles. The molecule has 4 rings (SSSR count). The van der Waals surface area contributed by atoms with Crippen molar-refractivity contribution in [2.24, 2.45) is 4.99 Å². The molecule has 0 N–H and O–H groups in total. The van der Waals surface area contributed by atoms with Crippen LogP contribution in [0.15, 0.2) is 78.5 Å². The Bertz CT molecular complexity index is 929. The minimum Gasteiger partial charge on any atom is -0.264 e. The monoisotopic (exact) mass is 297 g/mol. The SMILES string of the molecule is C1=CN=CC(c2ccc(-c3cncc4ccncc34)cc2)=CC1.